The van der Waals surface area contributed by atoms with Crippen LogP contribution in [0.2, 0.25) is 0 Å². The van der Waals surface area contributed by atoms with Crippen molar-refractivity contribution >= 4 is 0 Å². The van der Waals surface area contributed by atoms with Crippen LogP contribution >= 0.6 is 0 Å². The van der Waals surface area contributed by atoms with E-state index in [1.807, 2.05) is 29.2 Å². The zero-order chi connectivity index (χ0) is 15.5. The summed E-state index contributed by atoms with van der Waals surface area (Å²) in [7, 11) is 0. The topological polar surface area (TPSA) is 46.8 Å². The Hall–Kier alpha value is -2.53. The Morgan fingerprint density at radius 2 is 1.96 bits per heavy atom. The number of imidazole rings is 1. The van der Waals surface area contributed by atoms with Gasteiger partial charge in [0.2, 0.25) is 0 Å². The zero-order valence-corrected chi connectivity index (χ0v) is 12.9. The van der Waals surface area contributed by atoms with Crippen LogP contribution < -0.4 is 0 Å². The smallest absolute Gasteiger partial charge is 0.138 e. The van der Waals surface area contributed by atoms with Crippen molar-refractivity contribution in [2.45, 2.75) is 25.4 Å². The Balaban J connectivity index is 1.58. The fourth-order valence-electron chi connectivity index (χ4n) is 3.24. The predicted octanol–water partition coefficient (Wildman–Crippen LogP) is 3.00. The van der Waals surface area contributed by atoms with E-state index in [0.717, 1.165) is 31.0 Å². The molecule has 3 aromatic rings. The summed E-state index contributed by atoms with van der Waals surface area (Å²) in [6, 6.07) is 10.8. The van der Waals surface area contributed by atoms with Gasteiger partial charge in [-0.1, -0.05) is 6.07 Å². The lowest BCUT2D eigenvalue weighted by Crippen LogP contribution is -2.23. The van der Waals surface area contributed by atoms with Gasteiger partial charge in [-0.3, -0.25) is 14.5 Å². The van der Waals surface area contributed by atoms with Gasteiger partial charge in [0.1, 0.15) is 12.1 Å². The van der Waals surface area contributed by atoms with Gasteiger partial charge in [0.25, 0.3) is 0 Å². The molecular weight excluding hydrogens is 286 g/mol. The first-order valence-corrected chi connectivity index (χ1v) is 7.98. The molecule has 0 bridgehead atoms. The average molecular weight is 305 g/mol. The molecule has 4 heterocycles. The maximum Gasteiger partial charge on any atom is 0.138 e. The standard InChI is InChI=1S/C18H19N5/c1-3-16(21-18(5-1)23-12-10-20-14-23)17-4-2-11-22(17)13-15-6-8-19-9-7-15/h1,3,5-10,12,14,17H,2,4,11,13H2/t17-/m0/s1. The average Bonchev–Trinajstić information content (AvgIpc) is 3.28. The minimum absolute atomic E-state index is 0.381. The molecule has 0 amide bonds. The number of rotatable bonds is 4. The van der Waals surface area contributed by atoms with Gasteiger partial charge in [-0.05, 0) is 49.2 Å². The molecule has 1 atom stereocenters. The van der Waals surface area contributed by atoms with E-state index in [1.165, 1.54) is 12.0 Å². The first-order valence-electron chi connectivity index (χ1n) is 7.98. The summed E-state index contributed by atoms with van der Waals surface area (Å²) in [5.41, 5.74) is 2.44. The molecule has 1 aliphatic rings. The van der Waals surface area contributed by atoms with Gasteiger partial charge in [-0.15, -0.1) is 0 Å². The van der Waals surface area contributed by atoms with Gasteiger partial charge in [0.15, 0.2) is 0 Å². The summed E-state index contributed by atoms with van der Waals surface area (Å²) in [5, 5.41) is 0. The summed E-state index contributed by atoms with van der Waals surface area (Å²) in [6.07, 6.45) is 11.6. The van der Waals surface area contributed by atoms with E-state index in [1.54, 1.807) is 12.5 Å². The highest BCUT2D eigenvalue weighted by molar-refractivity contribution is 5.26. The van der Waals surface area contributed by atoms with Gasteiger partial charge in [0.05, 0.1) is 11.7 Å². The van der Waals surface area contributed by atoms with E-state index >= 15 is 0 Å². The van der Waals surface area contributed by atoms with E-state index in [-0.39, 0.29) is 0 Å². The third kappa shape index (κ3) is 3.00. The van der Waals surface area contributed by atoms with Crippen LogP contribution in [0.4, 0.5) is 0 Å². The molecule has 23 heavy (non-hydrogen) atoms. The molecule has 0 radical (unpaired) electrons. The molecule has 1 fully saturated rings. The third-order valence-corrected chi connectivity index (χ3v) is 4.36. The van der Waals surface area contributed by atoms with Crippen molar-refractivity contribution in [1.29, 1.82) is 0 Å². The van der Waals surface area contributed by atoms with Gasteiger partial charge < -0.3 is 0 Å². The van der Waals surface area contributed by atoms with Crippen molar-refractivity contribution in [3.63, 3.8) is 0 Å². The van der Waals surface area contributed by atoms with E-state index in [0.29, 0.717) is 6.04 Å². The van der Waals surface area contributed by atoms with Crippen LogP contribution in [0.25, 0.3) is 5.82 Å². The monoisotopic (exact) mass is 305 g/mol. The third-order valence-electron chi connectivity index (χ3n) is 4.36. The first-order chi connectivity index (χ1) is 11.4. The minimum Gasteiger partial charge on any atom is -0.291 e. The Morgan fingerprint density at radius 1 is 1.04 bits per heavy atom. The highest BCUT2D eigenvalue weighted by Gasteiger charge is 2.27. The SMILES string of the molecule is c1cc([C@@H]2CCCN2Cc2ccncc2)nc(-n2ccnc2)c1. The van der Waals surface area contributed by atoms with Crippen molar-refractivity contribution in [2.75, 3.05) is 6.54 Å². The number of nitrogens with zero attached hydrogens (tertiary/aromatic N) is 5. The summed E-state index contributed by atoms with van der Waals surface area (Å²) >= 11 is 0. The zero-order valence-electron chi connectivity index (χ0n) is 12.9. The quantitative estimate of drug-likeness (QED) is 0.743. The largest absolute Gasteiger partial charge is 0.291 e. The molecule has 0 N–H and O–H groups in total. The molecular formula is C18H19N5. The van der Waals surface area contributed by atoms with E-state index in [4.69, 9.17) is 4.98 Å². The molecule has 0 saturated carbocycles. The first kappa shape index (κ1) is 14.1. The second-order valence-corrected chi connectivity index (χ2v) is 5.87. The van der Waals surface area contributed by atoms with Crippen LogP contribution in [0.15, 0.2) is 61.4 Å². The van der Waals surface area contributed by atoms with Crippen LogP contribution in [0.3, 0.4) is 0 Å². The van der Waals surface area contributed by atoms with Crippen molar-refractivity contribution in [1.82, 2.24) is 24.4 Å². The Morgan fingerprint density at radius 3 is 2.78 bits per heavy atom. The summed E-state index contributed by atoms with van der Waals surface area (Å²) in [4.78, 5) is 15.6. The molecule has 5 heteroatoms. The van der Waals surface area contributed by atoms with Crippen LogP contribution in [-0.4, -0.2) is 31.0 Å². The van der Waals surface area contributed by atoms with Crippen LogP contribution in [0.1, 0.15) is 30.1 Å². The Kier molecular flexibility index (Phi) is 3.86. The van der Waals surface area contributed by atoms with Gasteiger partial charge in [-0.2, -0.15) is 0 Å². The second-order valence-electron chi connectivity index (χ2n) is 5.87. The molecule has 4 rings (SSSR count). The fraction of sp³-hybridized carbons (Fsp3) is 0.278. The molecule has 3 aromatic heterocycles. The number of hydrogen-bond donors (Lipinski definition) is 0. The lowest BCUT2D eigenvalue weighted by Gasteiger charge is -2.24. The van der Waals surface area contributed by atoms with Crippen molar-refractivity contribution < 1.29 is 0 Å². The predicted molar refractivity (Wildman–Crippen MR) is 88.0 cm³/mol. The Labute approximate surface area is 135 Å². The number of likely N-dealkylation sites (tertiary alicyclic amines) is 1. The van der Waals surface area contributed by atoms with Crippen molar-refractivity contribution in [3.05, 3.63) is 72.7 Å². The molecule has 1 aliphatic heterocycles. The molecule has 1 saturated heterocycles. The second kappa shape index (κ2) is 6.30. The Bertz CT molecular complexity index is 754. The van der Waals surface area contributed by atoms with Crippen LogP contribution in [0.5, 0.6) is 0 Å². The molecule has 0 unspecified atom stereocenters. The lowest BCUT2D eigenvalue weighted by atomic mass is 10.1. The summed E-state index contributed by atoms with van der Waals surface area (Å²) < 4.78 is 1.95. The fourth-order valence-corrected chi connectivity index (χ4v) is 3.24. The van der Waals surface area contributed by atoms with E-state index < -0.39 is 0 Å². The van der Waals surface area contributed by atoms with E-state index in [2.05, 4.69) is 39.1 Å². The molecule has 0 aliphatic carbocycles. The molecule has 0 aromatic carbocycles. The number of pyridine rings is 2. The van der Waals surface area contributed by atoms with Crippen molar-refractivity contribution in [3.8, 4) is 5.82 Å². The van der Waals surface area contributed by atoms with E-state index in [9.17, 15) is 0 Å². The van der Waals surface area contributed by atoms with Gasteiger partial charge in [0, 0.05) is 31.3 Å². The molecule has 116 valence electrons. The van der Waals surface area contributed by atoms with Crippen LogP contribution in [0, 0.1) is 0 Å². The summed E-state index contributed by atoms with van der Waals surface area (Å²) in [6.45, 7) is 2.06. The highest BCUT2D eigenvalue weighted by Crippen LogP contribution is 2.32. The molecule has 0 spiro atoms. The number of hydrogen-bond acceptors (Lipinski definition) is 4. The maximum atomic E-state index is 4.86. The minimum atomic E-state index is 0.381. The van der Waals surface area contributed by atoms with Gasteiger partial charge in [-0.25, -0.2) is 9.97 Å². The number of aromatic nitrogens is 4. The maximum absolute atomic E-state index is 4.86. The normalized spacial score (nSPS) is 18.3. The highest BCUT2D eigenvalue weighted by atomic mass is 15.2. The lowest BCUT2D eigenvalue weighted by molar-refractivity contribution is 0.244. The van der Waals surface area contributed by atoms with Crippen LogP contribution in [-0.2, 0) is 6.54 Å². The van der Waals surface area contributed by atoms with Gasteiger partial charge >= 0.3 is 0 Å². The van der Waals surface area contributed by atoms with Crippen molar-refractivity contribution in [2.24, 2.45) is 0 Å². The summed E-state index contributed by atoms with van der Waals surface area (Å²) in [5.74, 6) is 0.927. The molecule has 5 nitrogen and oxygen atoms in total.